The van der Waals surface area contributed by atoms with Gasteiger partial charge in [-0.2, -0.15) is 10.5 Å². The maximum atomic E-state index is 12.4. The molecule has 0 saturated carbocycles. The fraction of sp³-hybridized carbons (Fsp3) is 0.294. The second-order valence-electron chi connectivity index (χ2n) is 6.02. The zero-order valence-electron chi connectivity index (χ0n) is 14.3. The predicted molar refractivity (Wildman–Crippen MR) is 90.1 cm³/mol. The molecule has 0 unspecified atom stereocenters. The topological polar surface area (TPSA) is 138 Å². The molecule has 2 aliphatic heterocycles. The van der Waals surface area contributed by atoms with Crippen LogP contribution in [0.2, 0.25) is 0 Å². The van der Waals surface area contributed by atoms with Crippen LogP contribution in [-0.2, 0) is 19.0 Å². The number of ether oxygens (including phenoxy) is 3. The van der Waals surface area contributed by atoms with Gasteiger partial charge in [-0.1, -0.05) is 18.2 Å². The Labute approximate surface area is 157 Å². The summed E-state index contributed by atoms with van der Waals surface area (Å²) < 4.78 is 16.6. The molecule has 2 aliphatic rings. The van der Waals surface area contributed by atoms with Crippen molar-refractivity contribution in [3.8, 4) is 0 Å². The van der Waals surface area contributed by atoms with Gasteiger partial charge in [0.15, 0.2) is 24.3 Å². The van der Waals surface area contributed by atoms with Crippen molar-refractivity contribution < 1.29 is 33.7 Å². The highest BCUT2D eigenvalue weighted by atomic mass is 16.8. The Morgan fingerprint density at radius 1 is 1.18 bits per heavy atom. The van der Waals surface area contributed by atoms with Crippen molar-refractivity contribution in [2.24, 2.45) is 0 Å². The number of fused-ring (bicyclic) bond motifs is 1. The quantitative estimate of drug-likeness (QED) is 0.539. The molecule has 11 heteroatoms. The lowest BCUT2D eigenvalue weighted by Crippen LogP contribution is -2.34. The number of anilines is 1. The smallest absolute Gasteiger partial charge is 0.424 e. The van der Waals surface area contributed by atoms with Crippen molar-refractivity contribution in [3.63, 3.8) is 0 Å². The van der Waals surface area contributed by atoms with Gasteiger partial charge in [0.2, 0.25) is 0 Å². The molecule has 28 heavy (non-hydrogen) atoms. The number of nitrogens with one attached hydrogen (secondary N) is 1. The Bertz CT molecular complexity index is 947. The molecule has 11 nitrogen and oxygen atoms in total. The van der Waals surface area contributed by atoms with Crippen LogP contribution in [0.25, 0.3) is 0 Å². The van der Waals surface area contributed by atoms with Crippen molar-refractivity contribution >= 4 is 17.9 Å². The largest absolute Gasteiger partial charge is 0.509 e. The molecule has 0 spiro atoms. The standard InChI is InChI=1S/C17H15N3O8/c21-8-10-12-13(27-17(24)26-12)14(25-10)20-7-6-11(18-16(20)23)19-28-15(22)9-4-2-1-3-5-9/h1-7,10,12-14,21H,8H2,(H,18,19,23)/t10-,12-,13-,14-/m1/s1. The van der Waals surface area contributed by atoms with Crippen LogP contribution in [0.5, 0.6) is 0 Å². The van der Waals surface area contributed by atoms with Crippen LogP contribution in [0.15, 0.2) is 47.4 Å². The van der Waals surface area contributed by atoms with Gasteiger partial charge in [-0.15, -0.1) is 0 Å². The van der Waals surface area contributed by atoms with E-state index in [9.17, 15) is 19.5 Å². The van der Waals surface area contributed by atoms with Crippen LogP contribution >= 0.6 is 0 Å². The summed E-state index contributed by atoms with van der Waals surface area (Å²) in [6, 6.07) is 9.66. The third-order valence-electron chi connectivity index (χ3n) is 4.29. The van der Waals surface area contributed by atoms with E-state index in [0.29, 0.717) is 5.56 Å². The summed E-state index contributed by atoms with van der Waals surface area (Å²) in [6.45, 7) is -0.411. The van der Waals surface area contributed by atoms with Crippen LogP contribution < -0.4 is 11.2 Å². The van der Waals surface area contributed by atoms with Gasteiger partial charge in [-0.3, -0.25) is 4.57 Å². The van der Waals surface area contributed by atoms with Gasteiger partial charge < -0.3 is 24.2 Å². The number of hydrogen-bond acceptors (Lipinski definition) is 10. The molecule has 2 N–H and O–H groups in total. The van der Waals surface area contributed by atoms with Crippen molar-refractivity contribution in [2.75, 3.05) is 12.1 Å². The average molecular weight is 389 g/mol. The predicted octanol–water partition coefficient (Wildman–Crippen LogP) is 0.221. The number of carbonyl (C=O) groups excluding carboxylic acids is 2. The number of hydrogen-bond donors (Lipinski definition) is 2. The van der Waals surface area contributed by atoms with E-state index in [2.05, 4.69) is 10.5 Å². The molecule has 1 aromatic carbocycles. The zero-order chi connectivity index (χ0) is 19.7. The van der Waals surface area contributed by atoms with Gasteiger partial charge >= 0.3 is 17.8 Å². The molecule has 0 aliphatic carbocycles. The molecule has 0 bridgehead atoms. The maximum Gasteiger partial charge on any atom is 0.509 e. The van der Waals surface area contributed by atoms with Gasteiger partial charge in [-0.25, -0.2) is 14.4 Å². The van der Waals surface area contributed by atoms with E-state index in [0.717, 1.165) is 4.57 Å². The first-order valence-electron chi connectivity index (χ1n) is 8.32. The normalized spacial score (nSPS) is 25.5. The molecule has 2 saturated heterocycles. The first kappa shape index (κ1) is 17.9. The minimum Gasteiger partial charge on any atom is -0.424 e. The lowest BCUT2D eigenvalue weighted by molar-refractivity contribution is -0.0735. The molecule has 3 heterocycles. The third-order valence-corrected chi connectivity index (χ3v) is 4.29. The number of aliphatic hydroxyl groups excluding tert-OH is 1. The fourth-order valence-corrected chi connectivity index (χ4v) is 2.99. The van der Waals surface area contributed by atoms with E-state index in [1.807, 2.05) is 0 Å². The highest BCUT2D eigenvalue weighted by Gasteiger charge is 2.55. The lowest BCUT2D eigenvalue weighted by Gasteiger charge is -2.17. The minimum atomic E-state index is -1.01. The number of carbonyl (C=O) groups is 2. The highest BCUT2D eigenvalue weighted by Crippen LogP contribution is 2.36. The van der Waals surface area contributed by atoms with Gasteiger partial charge in [0.25, 0.3) is 0 Å². The van der Waals surface area contributed by atoms with Crippen LogP contribution in [0, 0.1) is 0 Å². The van der Waals surface area contributed by atoms with Gasteiger partial charge in [0, 0.05) is 12.3 Å². The van der Waals surface area contributed by atoms with Crippen LogP contribution in [-0.4, -0.2) is 51.7 Å². The Kier molecular flexibility index (Phi) is 4.67. The molecular formula is C17H15N3O8. The second kappa shape index (κ2) is 7.29. The van der Waals surface area contributed by atoms with Gasteiger partial charge in [-0.05, 0) is 12.1 Å². The van der Waals surface area contributed by atoms with Crippen LogP contribution in [0.4, 0.5) is 10.6 Å². The number of rotatable bonds is 5. The van der Waals surface area contributed by atoms with E-state index in [-0.39, 0.29) is 5.82 Å². The Balaban J connectivity index is 1.47. The van der Waals surface area contributed by atoms with E-state index in [1.54, 1.807) is 30.3 Å². The van der Waals surface area contributed by atoms with Crippen molar-refractivity contribution in [1.82, 2.24) is 9.55 Å². The molecule has 0 amide bonds. The number of aliphatic hydroxyl groups is 1. The Morgan fingerprint density at radius 3 is 2.64 bits per heavy atom. The molecule has 2 aromatic rings. The SMILES string of the molecule is O=C1O[C@@H]2[C@H](O1)[C@@H](CO)O[C@H]2n1ccc(NOC(=O)c2ccccc2)nc1=O. The van der Waals surface area contributed by atoms with Crippen molar-refractivity contribution in [3.05, 3.63) is 58.6 Å². The monoisotopic (exact) mass is 389 g/mol. The Hall–Kier alpha value is -3.44. The highest BCUT2D eigenvalue weighted by molar-refractivity contribution is 5.89. The number of aromatic nitrogens is 2. The summed E-state index contributed by atoms with van der Waals surface area (Å²) in [5.41, 5.74) is 1.89. The molecule has 4 rings (SSSR count). The maximum absolute atomic E-state index is 12.4. The minimum absolute atomic E-state index is 0.00143. The zero-order valence-corrected chi connectivity index (χ0v) is 14.3. The molecule has 146 valence electrons. The number of benzene rings is 1. The first-order chi connectivity index (χ1) is 13.6. The van der Waals surface area contributed by atoms with E-state index < -0.39 is 49.0 Å². The summed E-state index contributed by atoms with van der Waals surface area (Å²) >= 11 is 0. The Morgan fingerprint density at radius 2 is 1.93 bits per heavy atom. The first-order valence-corrected chi connectivity index (χ1v) is 8.32. The van der Waals surface area contributed by atoms with E-state index >= 15 is 0 Å². The molecule has 0 radical (unpaired) electrons. The molecule has 4 atom stereocenters. The average Bonchev–Trinajstić information content (AvgIpc) is 3.24. The summed E-state index contributed by atoms with van der Waals surface area (Å²) in [4.78, 5) is 44.3. The summed E-state index contributed by atoms with van der Waals surface area (Å²) in [7, 11) is 0. The molecule has 2 fully saturated rings. The molecular weight excluding hydrogens is 374 g/mol. The van der Waals surface area contributed by atoms with Crippen LogP contribution in [0.1, 0.15) is 16.6 Å². The second-order valence-corrected chi connectivity index (χ2v) is 6.02. The lowest BCUT2D eigenvalue weighted by atomic mass is 10.1. The molecule has 1 aromatic heterocycles. The van der Waals surface area contributed by atoms with Crippen molar-refractivity contribution in [2.45, 2.75) is 24.5 Å². The fourth-order valence-electron chi connectivity index (χ4n) is 2.99. The van der Waals surface area contributed by atoms with E-state index in [4.69, 9.17) is 19.0 Å². The van der Waals surface area contributed by atoms with Gasteiger partial charge in [0.1, 0.15) is 6.10 Å². The van der Waals surface area contributed by atoms with E-state index in [1.165, 1.54) is 12.3 Å². The van der Waals surface area contributed by atoms with Crippen molar-refractivity contribution in [1.29, 1.82) is 0 Å². The summed E-state index contributed by atoms with van der Waals surface area (Å²) in [5, 5.41) is 9.36. The third kappa shape index (κ3) is 3.28. The summed E-state index contributed by atoms with van der Waals surface area (Å²) in [5.74, 6) is -0.646. The summed E-state index contributed by atoms with van der Waals surface area (Å²) in [6.07, 6.45) is -3.10. The number of nitrogens with zero attached hydrogens (tertiary/aromatic N) is 2. The van der Waals surface area contributed by atoms with Gasteiger partial charge in [0.05, 0.1) is 12.2 Å². The van der Waals surface area contributed by atoms with Crippen LogP contribution in [0.3, 0.4) is 0 Å².